The van der Waals surface area contributed by atoms with Crippen molar-refractivity contribution in [3.8, 4) is 11.3 Å². The molecule has 4 aromatic rings. The number of sulfonamides is 1. The average molecular weight is 558 g/mol. The fourth-order valence-corrected chi connectivity index (χ4v) is 5.19. The summed E-state index contributed by atoms with van der Waals surface area (Å²) in [5, 5.41) is 6.91. The van der Waals surface area contributed by atoms with E-state index >= 15 is 0 Å². The summed E-state index contributed by atoms with van der Waals surface area (Å²) in [6.07, 6.45) is 2.20. The van der Waals surface area contributed by atoms with Gasteiger partial charge in [0.25, 0.3) is 5.92 Å². The first-order chi connectivity index (χ1) is 17.8. The summed E-state index contributed by atoms with van der Waals surface area (Å²) in [5.74, 6) is -2.31. The number of pyridine rings is 1. The average Bonchev–Trinajstić information content (AvgIpc) is 3.32. The molecule has 5 rings (SSSR count). The number of nitrogens with one attached hydrogen (secondary N) is 1. The number of hydrogen-bond donors (Lipinski definition) is 2. The predicted molar refractivity (Wildman–Crippen MR) is 135 cm³/mol. The van der Waals surface area contributed by atoms with Crippen LogP contribution in [0.4, 0.5) is 29.3 Å². The Kier molecular flexibility index (Phi) is 7.47. The molecule has 0 spiro atoms. The molecule has 5 heterocycles. The second-order valence-electron chi connectivity index (χ2n) is 8.81. The lowest BCUT2D eigenvalue weighted by Crippen LogP contribution is -2.45. The maximum absolute atomic E-state index is 14.7. The second kappa shape index (κ2) is 10.3. The highest BCUT2D eigenvalue weighted by Crippen LogP contribution is 2.33. The summed E-state index contributed by atoms with van der Waals surface area (Å²) in [6, 6.07) is 3.41. The molecule has 0 aliphatic carbocycles. The molecule has 1 fully saturated rings. The molecular formula is C22H27F4N9O2S. The number of aryl methyl sites for hydroxylation is 2. The molecule has 0 radical (unpaired) electrons. The summed E-state index contributed by atoms with van der Waals surface area (Å²) >= 11 is 0. The Labute approximate surface area is 215 Å². The van der Waals surface area contributed by atoms with Crippen LogP contribution < -0.4 is 11.1 Å². The third kappa shape index (κ3) is 5.50. The lowest BCUT2D eigenvalue weighted by atomic mass is 10.1. The summed E-state index contributed by atoms with van der Waals surface area (Å²) in [6.45, 7) is 0.930. The molecule has 0 aromatic carbocycles. The van der Waals surface area contributed by atoms with E-state index in [0.29, 0.717) is 34.0 Å². The fraction of sp³-hybridized carbons (Fsp3) is 0.455. The number of nitrogens with zero attached hydrogens (tertiary/aromatic N) is 7. The Hall–Kier alpha value is -3.53. The Bertz CT molecular complexity index is 1590. The summed E-state index contributed by atoms with van der Waals surface area (Å²) in [7, 11) is -1.78. The number of nitrogen functional groups attached to an aromatic ring is 1. The first kappa shape index (κ1) is 27.5. The van der Waals surface area contributed by atoms with E-state index in [1.807, 2.05) is 0 Å². The molecule has 206 valence electrons. The molecule has 0 atom stereocenters. The zero-order valence-corrected chi connectivity index (χ0v) is 21.7. The Balaban J connectivity index is 0.000000236. The summed E-state index contributed by atoms with van der Waals surface area (Å²) < 4.78 is 78.5. The molecule has 4 aromatic heterocycles. The minimum Gasteiger partial charge on any atom is -0.371 e. The van der Waals surface area contributed by atoms with E-state index in [1.54, 1.807) is 30.7 Å². The van der Waals surface area contributed by atoms with Gasteiger partial charge in [-0.05, 0) is 25.5 Å². The van der Waals surface area contributed by atoms with Crippen molar-refractivity contribution in [1.82, 2.24) is 33.4 Å². The van der Waals surface area contributed by atoms with Crippen LogP contribution in [0.2, 0.25) is 0 Å². The smallest absolute Gasteiger partial charge is 0.261 e. The van der Waals surface area contributed by atoms with Crippen molar-refractivity contribution in [2.24, 2.45) is 0 Å². The number of aromatic nitrogens is 6. The molecule has 0 saturated carbocycles. The van der Waals surface area contributed by atoms with E-state index in [2.05, 4.69) is 25.4 Å². The van der Waals surface area contributed by atoms with Gasteiger partial charge < -0.3 is 15.6 Å². The third-order valence-electron chi connectivity index (χ3n) is 6.01. The van der Waals surface area contributed by atoms with E-state index in [-0.39, 0.29) is 37.4 Å². The van der Waals surface area contributed by atoms with Crippen LogP contribution in [0, 0.1) is 12.7 Å². The number of nitrogens with two attached hydrogens (primary N) is 1. The van der Waals surface area contributed by atoms with Gasteiger partial charge in [0.2, 0.25) is 16.0 Å². The van der Waals surface area contributed by atoms with Crippen molar-refractivity contribution in [3.63, 3.8) is 0 Å². The van der Waals surface area contributed by atoms with Crippen LogP contribution in [0.5, 0.6) is 0 Å². The standard InChI is InChI=1S/C16H16F2N8.C6H11F2NO2S/c1-8-21-11-4-3-10(22-15(11)25(8)6-5-17)12-9(18)7-26-13(12)14(20-2)23-16(19)24-26;1-12(10,11)9-4-2-3-6(7,8)5-9/h3-4,7H,5-6H2,1-2H3,(H3,19,20,23,24);2-5H2,1H3. The Morgan fingerprint density at radius 3 is 2.55 bits per heavy atom. The van der Waals surface area contributed by atoms with Crippen molar-refractivity contribution >= 4 is 38.5 Å². The van der Waals surface area contributed by atoms with E-state index in [4.69, 9.17) is 5.73 Å². The predicted octanol–water partition coefficient (Wildman–Crippen LogP) is 2.86. The molecule has 0 amide bonds. The normalized spacial score (nSPS) is 16.0. The molecule has 38 heavy (non-hydrogen) atoms. The number of alkyl halides is 3. The van der Waals surface area contributed by atoms with Gasteiger partial charge in [-0.3, -0.25) is 0 Å². The topological polar surface area (TPSA) is 136 Å². The van der Waals surface area contributed by atoms with Crippen LogP contribution in [-0.4, -0.2) is 80.8 Å². The monoisotopic (exact) mass is 557 g/mol. The van der Waals surface area contributed by atoms with Crippen molar-refractivity contribution < 1.29 is 26.0 Å². The highest BCUT2D eigenvalue weighted by atomic mass is 32.2. The van der Waals surface area contributed by atoms with Crippen LogP contribution in [-0.2, 0) is 16.6 Å². The van der Waals surface area contributed by atoms with Crippen molar-refractivity contribution in [2.75, 3.05) is 44.1 Å². The largest absolute Gasteiger partial charge is 0.371 e. The maximum Gasteiger partial charge on any atom is 0.261 e. The highest BCUT2D eigenvalue weighted by molar-refractivity contribution is 7.88. The quantitative estimate of drug-likeness (QED) is 0.358. The molecule has 3 N–H and O–H groups in total. The molecule has 1 saturated heterocycles. The van der Waals surface area contributed by atoms with Crippen molar-refractivity contribution in [1.29, 1.82) is 0 Å². The Morgan fingerprint density at radius 1 is 1.21 bits per heavy atom. The van der Waals surface area contributed by atoms with Gasteiger partial charge in [0, 0.05) is 20.0 Å². The molecule has 1 aliphatic rings. The fourth-order valence-electron chi connectivity index (χ4n) is 4.31. The molecule has 11 nitrogen and oxygen atoms in total. The van der Waals surface area contributed by atoms with Gasteiger partial charge in [-0.15, -0.1) is 5.10 Å². The first-order valence-electron chi connectivity index (χ1n) is 11.6. The minimum absolute atomic E-state index is 0.0171. The summed E-state index contributed by atoms with van der Waals surface area (Å²) in [5.41, 5.74) is 7.81. The van der Waals surface area contributed by atoms with Crippen LogP contribution in [0.25, 0.3) is 27.9 Å². The van der Waals surface area contributed by atoms with Gasteiger partial charge in [-0.25, -0.2) is 40.5 Å². The zero-order chi connectivity index (χ0) is 27.8. The number of hydrogen-bond acceptors (Lipinski definition) is 8. The van der Waals surface area contributed by atoms with Gasteiger partial charge in [0.1, 0.15) is 23.5 Å². The SMILES string of the molecule is CNc1nc(N)nn2cc(F)c(-c3ccc4nc(C)n(CCF)c4n3)c12.CS(=O)(=O)N1CCCC(F)(F)C1. The lowest BCUT2D eigenvalue weighted by Gasteiger charge is -2.30. The van der Waals surface area contributed by atoms with Gasteiger partial charge in [-0.1, -0.05) is 0 Å². The van der Waals surface area contributed by atoms with Gasteiger partial charge in [-0.2, -0.15) is 9.29 Å². The first-order valence-corrected chi connectivity index (χ1v) is 13.4. The van der Waals surface area contributed by atoms with Crippen LogP contribution in [0.15, 0.2) is 18.3 Å². The van der Waals surface area contributed by atoms with Crippen molar-refractivity contribution in [2.45, 2.75) is 32.2 Å². The Morgan fingerprint density at radius 2 is 1.95 bits per heavy atom. The molecule has 0 bridgehead atoms. The number of anilines is 2. The molecular weight excluding hydrogens is 530 g/mol. The number of imidazole rings is 1. The molecule has 1 aliphatic heterocycles. The number of piperidine rings is 1. The minimum atomic E-state index is -3.44. The molecule has 16 heteroatoms. The molecule has 0 unspecified atom stereocenters. The van der Waals surface area contributed by atoms with E-state index in [9.17, 15) is 26.0 Å². The number of rotatable bonds is 5. The van der Waals surface area contributed by atoms with Crippen molar-refractivity contribution in [3.05, 3.63) is 30.0 Å². The maximum atomic E-state index is 14.7. The summed E-state index contributed by atoms with van der Waals surface area (Å²) in [4.78, 5) is 13.0. The van der Waals surface area contributed by atoms with Crippen LogP contribution in [0.3, 0.4) is 0 Å². The van der Waals surface area contributed by atoms with Gasteiger partial charge >= 0.3 is 0 Å². The lowest BCUT2D eigenvalue weighted by molar-refractivity contribution is -0.0432. The highest BCUT2D eigenvalue weighted by Gasteiger charge is 2.38. The van der Waals surface area contributed by atoms with Crippen LogP contribution in [0.1, 0.15) is 18.7 Å². The van der Waals surface area contributed by atoms with E-state index in [0.717, 1.165) is 10.6 Å². The zero-order valence-electron chi connectivity index (χ0n) is 20.9. The number of fused-ring (bicyclic) bond motifs is 2. The van der Waals surface area contributed by atoms with Crippen LogP contribution >= 0.6 is 0 Å². The van der Waals surface area contributed by atoms with Gasteiger partial charge in [0.05, 0.1) is 36.8 Å². The number of halogens is 4. The third-order valence-corrected chi connectivity index (χ3v) is 7.26. The van der Waals surface area contributed by atoms with Gasteiger partial charge in [0.15, 0.2) is 17.3 Å². The second-order valence-corrected chi connectivity index (χ2v) is 10.8. The van der Waals surface area contributed by atoms with E-state index < -0.39 is 35.0 Å². The van der Waals surface area contributed by atoms with E-state index in [1.165, 1.54) is 10.7 Å².